The van der Waals surface area contributed by atoms with Gasteiger partial charge in [-0.3, -0.25) is 10.1 Å². The number of hydrogen-bond donors (Lipinski definition) is 2. The van der Waals surface area contributed by atoms with Gasteiger partial charge in [-0.2, -0.15) is 0 Å². The normalized spacial score (nSPS) is 11.9. The molecule has 1 atom stereocenters. The van der Waals surface area contributed by atoms with E-state index in [4.69, 9.17) is 49.6 Å². The molecule has 0 aliphatic rings. The fourth-order valence-electron chi connectivity index (χ4n) is 3.71. The number of thiocarbonyl (C=S) groups is 1. The number of amides is 1. The van der Waals surface area contributed by atoms with Gasteiger partial charge in [-0.1, -0.05) is 59.6 Å². The smallest absolute Gasteiger partial charge is 0.266 e. The number of aromatic nitrogens is 1. The van der Waals surface area contributed by atoms with Gasteiger partial charge in [0.1, 0.15) is 11.3 Å². The first-order valence-corrected chi connectivity index (χ1v) is 12.2. The summed E-state index contributed by atoms with van der Waals surface area (Å²) in [6, 6.07) is 24.2. The van der Waals surface area contributed by atoms with Crippen molar-refractivity contribution in [1.29, 1.82) is 0 Å². The molecular weight excluding hydrogens is 517 g/mol. The molecule has 1 unspecified atom stereocenters. The van der Waals surface area contributed by atoms with E-state index >= 15 is 0 Å². The Hall–Kier alpha value is -3.65. The van der Waals surface area contributed by atoms with Gasteiger partial charge in [0, 0.05) is 21.7 Å². The van der Waals surface area contributed by atoms with Gasteiger partial charge in [-0.15, -0.1) is 0 Å². The molecule has 180 valence electrons. The number of carbonyl (C=O) groups excluding carboxylic acids is 1. The third kappa shape index (κ3) is 5.14. The molecule has 0 bridgehead atoms. The highest BCUT2D eigenvalue weighted by atomic mass is 35.5. The number of hydrogen-bond acceptors (Lipinski definition) is 5. The van der Waals surface area contributed by atoms with Crippen molar-refractivity contribution in [2.75, 3.05) is 5.32 Å². The standard InChI is InChI=1S/C27H19Cl2N3O3S/c1-15(34-22-12-10-18(28)14-21(22)29)25(33)32-27(36)30-19-7-4-6-17(13-19)26-31-24-20-8-3-2-5-16(20)9-11-23(24)35-26/h2-15H,1H3,(H2,30,32,33,36). The number of anilines is 1. The molecule has 1 amide bonds. The van der Waals surface area contributed by atoms with E-state index in [1.54, 1.807) is 25.1 Å². The van der Waals surface area contributed by atoms with Crippen LogP contribution in [0, 0.1) is 0 Å². The minimum absolute atomic E-state index is 0.123. The van der Waals surface area contributed by atoms with Gasteiger partial charge in [-0.25, -0.2) is 4.98 Å². The molecule has 0 aliphatic carbocycles. The highest BCUT2D eigenvalue weighted by Gasteiger charge is 2.18. The SMILES string of the molecule is CC(Oc1ccc(Cl)cc1Cl)C(=O)NC(=S)Nc1cccc(-c2nc3c(ccc4ccccc43)o2)c1. The zero-order valence-electron chi connectivity index (χ0n) is 18.9. The molecule has 0 spiro atoms. The zero-order valence-corrected chi connectivity index (χ0v) is 21.2. The van der Waals surface area contributed by atoms with E-state index in [0.29, 0.717) is 33.0 Å². The van der Waals surface area contributed by atoms with Crippen LogP contribution in [-0.4, -0.2) is 22.1 Å². The Labute approximate surface area is 222 Å². The molecular formula is C27H19Cl2N3O3S. The summed E-state index contributed by atoms with van der Waals surface area (Å²) in [5.41, 5.74) is 2.95. The number of carbonyl (C=O) groups is 1. The lowest BCUT2D eigenvalue weighted by atomic mass is 10.1. The summed E-state index contributed by atoms with van der Waals surface area (Å²) >= 11 is 17.3. The number of nitrogens with zero attached hydrogens (tertiary/aromatic N) is 1. The fourth-order valence-corrected chi connectivity index (χ4v) is 4.38. The van der Waals surface area contributed by atoms with E-state index in [1.165, 1.54) is 0 Å². The van der Waals surface area contributed by atoms with E-state index in [0.717, 1.165) is 21.9 Å². The highest BCUT2D eigenvalue weighted by molar-refractivity contribution is 7.80. The van der Waals surface area contributed by atoms with Crippen LogP contribution >= 0.6 is 35.4 Å². The van der Waals surface area contributed by atoms with Gasteiger partial charge in [0.25, 0.3) is 5.91 Å². The molecule has 0 saturated carbocycles. The predicted molar refractivity (Wildman–Crippen MR) is 148 cm³/mol. The Morgan fingerprint density at radius 2 is 1.86 bits per heavy atom. The molecule has 2 N–H and O–H groups in total. The van der Waals surface area contributed by atoms with Crippen LogP contribution in [0.15, 0.2) is 83.3 Å². The molecule has 36 heavy (non-hydrogen) atoms. The summed E-state index contributed by atoms with van der Waals surface area (Å²) in [5, 5.41) is 8.68. The molecule has 9 heteroatoms. The first-order valence-electron chi connectivity index (χ1n) is 11.0. The molecule has 1 heterocycles. The molecule has 1 aromatic heterocycles. The van der Waals surface area contributed by atoms with Gasteiger partial charge in [0.2, 0.25) is 5.89 Å². The van der Waals surface area contributed by atoms with Crippen LogP contribution in [0.2, 0.25) is 10.0 Å². The number of rotatable bonds is 5. The van der Waals surface area contributed by atoms with Gasteiger partial charge >= 0.3 is 0 Å². The van der Waals surface area contributed by atoms with E-state index in [9.17, 15) is 4.79 Å². The van der Waals surface area contributed by atoms with Crippen LogP contribution in [0.3, 0.4) is 0 Å². The predicted octanol–water partition coefficient (Wildman–Crippen LogP) is 7.24. The maximum atomic E-state index is 12.6. The first kappa shape index (κ1) is 24.1. The minimum atomic E-state index is -0.843. The Morgan fingerprint density at radius 3 is 2.69 bits per heavy atom. The lowest BCUT2D eigenvalue weighted by Gasteiger charge is -2.16. The van der Waals surface area contributed by atoms with Crippen LogP contribution in [0.1, 0.15) is 6.92 Å². The summed E-state index contributed by atoms with van der Waals surface area (Å²) in [4.78, 5) is 17.3. The molecule has 0 saturated heterocycles. The zero-order chi connectivity index (χ0) is 25.2. The van der Waals surface area contributed by atoms with Crippen LogP contribution in [0.25, 0.3) is 33.3 Å². The average Bonchev–Trinajstić information content (AvgIpc) is 3.31. The van der Waals surface area contributed by atoms with Crippen molar-refractivity contribution in [2.24, 2.45) is 0 Å². The summed E-state index contributed by atoms with van der Waals surface area (Å²) in [7, 11) is 0. The maximum Gasteiger partial charge on any atom is 0.266 e. The second-order valence-electron chi connectivity index (χ2n) is 8.01. The lowest BCUT2D eigenvalue weighted by Crippen LogP contribution is -2.42. The average molecular weight is 536 g/mol. The third-order valence-corrected chi connectivity index (χ3v) is 6.19. The van der Waals surface area contributed by atoms with Crippen molar-refractivity contribution < 1.29 is 13.9 Å². The fraction of sp³-hybridized carbons (Fsp3) is 0.0741. The Bertz CT molecular complexity index is 1620. The highest BCUT2D eigenvalue weighted by Crippen LogP contribution is 2.31. The van der Waals surface area contributed by atoms with Gasteiger partial charge in [0.15, 0.2) is 16.8 Å². The number of oxazole rings is 1. The van der Waals surface area contributed by atoms with Gasteiger partial charge < -0.3 is 14.5 Å². The van der Waals surface area contributed by atoms with E-state index in [1.807, 2.05) is 60.7 Å². The molecule has 4 aromatic carbocycles. The lowest BCUT2D eigenvalue weighted by molar-refractivity contribution is -0.125. The van der Waals surface area contributed by atoms with Crippen molar-refractivity contribution in [3.8, 4) is 17.2 Å². The summed E-state index contributed by atoms with van der Waals surface area (Å²) < 4.78 is 11.7. The Kier molecular flexibility index (Phi) is 6.78. The van der Waals surface area contributed by atoms with E-state index < -0.39 is 12.0 Å². The summed E-state index contributed by atoms with van der Waals surface area (Å²) in [6.45, 7) is 1.60. The Balaban J connectivity index is 1.27. The van der Waals surface area contributed by atoms with E-state index in [2.05, 4.69) is 10.6 Å². The van der Waals surface area contributed by atoms with Crippen LogP contribution in [0.4, 0.5) is 5.69 Å². The van der Waals surface area contributed by atoms with Gasteiger partial charge in [0.05, 0.1) is 5.02 Å². The van der Waals surface area contributed by atoms with Crippen molar-refractivity contribution >= 4 is 74.0 Å². The number of ether oxygens (including phenoxy) is 1. The molecule has 0 aliphatic heterocycles. The quantitative estimate of drug-likeness (QED) is 0.231. The van der Waals surface area contributed by atoms with Gasteiger partial charge in [-0.05, 0) is 67.0 Å². The molecule has 0 fully saturated rings. The Morgan fingerprint density at radius 1 is 1.03 bits per heavy atom. The summed E-state index contributed by atoms with van der Waals surface area (Å²) in [6.07, 6.45) is -0.843. The second-order valence-corrected chi connectivity index (χ2v) is 9.26. The van der Waals surface area contributed by atoms with Crippen LogP contribution < -0.4 is 15.4 Å². The number of benzene rings is 4. The topological polar surface area (TPSA) is 76.4 Å². The van der Waals surface area contributed by atoms with Crippen LogP contribution in [0.5, 0.6) is 5.75 Å². The third-order valence-electron chi connectivity index (χ3n) is 5.45. The van der Waals surface area contributed by atoms with Crippen LogP contribution in [-0.2, 0) is 4.79 Å². The summed E-state index contributed by atoms with van der Waals surface area (Å²) in [5.74, 6) is 0.406. The maximum absolute atomic E-state index is 12.6. The van der Waals surface area contributed by atoms with Crippen molar-refractivity contribution in [3.63, 3.8) is 0 Å². The van der Waals surface area contributed by atoms with E-state index in [-0.39, 0.29) is 5.11 Å². The number of nitrogens with one attached hydrogen (secondary N) is 2. The molecule has 6 nitrogen and oxygen atoms in total. The van der Waals surface area contributed by atoms with Crippen molar-refractivity contribution in [2.45, 2.75) is 13.0 Å². The molecule has 5 rings (SSSR count). The largest absolute Gasteiger partial charge is 0.479 e. The minimum Gasteiger partial charge on any atom is -0.479 e. The first-order chi connectivity index (χ1) is 17.4. The molecule has 5 aromatic rings. The monoisotopic (exact) mass is 535 g/mol. The van der Waals surface area contributed by atoms with Crippen molar-refractivity contribution in [1.82, 2.24) is 10.3 Å². The molecule has 0 radical (unpaired) electrons. The number of fused-ring (bicyclic) bond motifs is 3. The van der Waals surface area contributed by atoms with Crippen molar-refractivity contribution in [3.05, 3.63) is 88.9 Å². The second kappa shape index (κ2) is 10.1. The number of halogens is 2.